The van der Waals surface area contributed by atoms with E-state index in [1.807, 2.05) is 12.1 Å². The van der Waals surface area contributed by atoms with Crippen LogP contribution >= 0.6 is 0 Å². The van der Waals surface area contributed by atoms with Crippen molar-refractivity contribution in [2.45, 2.75) is 11.8 Å². The Morgan fingerprint density at radius 1 is 0.708 bits per heavy atom. The van der Waals surface area contributed by atoms with Crippen molar-refractivity contribution in [3.8, 4) is 12.1 Å². The van der Waals surface area contributed by atoms with Gasteiger partial charge in [-0.05, 0) is 11.1 Å². The summed E-state index contributed by atoms with van der Waals surface area (Å²) in [7, 11) is 0. The van der Waals surface area contributed by atoms with Crippen LogP contribution in [0.3, 0.4) is 0 Å². The van der Waals surface area contributed by atoms with Gasteiger partial charge in [0.05, 0.1) is 12.1 Å². The van der Waals surface area contributed by atoms with Gasteiger partial charge in [0.1, 0.15) is 23.3 Å². The van der Waals surface area contributed by atoms with Crippen LogP contribution in [0.25, 0.3) is 0 Å². The lowest BCUT2D eigenvalue weighted by molar-refractivity contribution is 0.312. The van der Waals surface area contributed by atoms with Crippen molar-refractivity contribution in [2.75, 3.05) is 0 Å². The zero-order valence-electron chi connectivity index (χ0n) is 12.6. The Balaban J connectivity index is 2.48. The van der Waals surface area contributed by atoms with E-state index in [1.54, 1.807) is 60.7 Å². The van der Waals surface area contributed by atoms with Crippen molar-refractivity contribution < 1.29 is 10.4 Å². The largest absolute Gasteiger partial charge is 0.411 e. The predicted octanol–water partition coefficient (Wildman–Crippen LogP) is 3.26. The smallest absolute Gasteiger partial charge is 0.128 e. The van der Waals surface area contributed by atoms with E-state index in [0.717, 1.165) is 0 Å². The highest BCUT2D eigenvalue weighted by atomic mass is 16.4. The second kappa shape index (κ2) is 8.11. The van der Waals surface area contributed by atoms with Crippen molar-refractivity contribution in [1.29, 1.82) is 10.5 Å². The Morgan fingerprint density at radius 2 is 1.04 bits per heavy atom. The lowest BCUT2D eigenvalue weighted by Crippen LogP contribution is -2.27. The Hall–Kier alpha value is -3.64. The topological polar surface area (TPSA) is 113 Å². The van der Waals surface area contributed by atoms with E-state index in [1.165, 1.54) is 0 Å². The minimum atomic E-state index is -0.971. The highest BCUT2D eigenvalue weighted by Crippen LogP contribution is 2.24. The standard InChI is InChI=1S/C18H14N4O2/c19-11-15(13-7-3-1-4-8-13)17(21-23)18(22-24)16(12-20)14-9-5-2-6-10-14/h1-10,15-16,23-24H/b21-17-,22-18-/t15-,16+. The van der Waals surface area contributed by atoms with Crippen LogP contribution in [0, 0.1) is 22.7 Å². The molecule has 0 amide bonds. The molecule has 0 saturated carbocycles. The molecule has 6 nitrogen and oxygen atoms in total. The van der Waals surface area contributed by atoms with Gasteiger partial charge in [-0.2, -0.15) is 10.5 Å². The Morgan fingerprint density at radius 3 is 1.29 bits per heavy atom. The van der Waals surface area contributed by atoms with Crippen LogP contribution in [-0.2, 0) is 0 Å². The van der Waals surface area contributed by atoms with Crippen LogP contribution in [0.5, 0.6) is 0 Å². The second-order valence-electron chi connectivity index (χ2n) is 4.92. The van der Waals surface area contributed by atoms with Crippen molar-refractivity contribution in [3.63, 3.8) is 0 Å². The lowest BCUT2D eigenvalue weighted by Gasteiger charge is -2.16. The quantitative estimate of drug-likeness (QED) is 0.500. The van der Waals surface area contributed by atoms with Gasteiger partial charge in [-0.25, -0.2) is 0 Å². The van der Waals surface area contributed by atoms with Crippen molar-refractivity contribution in [2.24, 2.45) is 10.3 Å². The summed E-state index contributed by atoms with van der Waals surface area (Å²) in [5, 5.41) is 44.1. The van der Waals surface area contributed by atoms with Crippen LogP contribution in [0.2, 0.25) is 0 Å². The third-order valence-corrected chi connectivity index (χ3v) is 3.55. The SMILES string of the molecule is N#C[C@H](C(=N/O)/C(=N\O)[C@H](C#N)c1ccccc1)c1ccccc1. The molecule has 0 spiro atoms. The van der Waals surface area contributed by atoms with E-state index >= 15 is 0 Å². The summed E-state index contributed by atoms with van der Waals surface area (Å²) >= 11 is 0. The van der Waals surface area contributed by atoms with Gasteiger partial charge in [0.25, 0.3) is 0 Å². The first kappa shape index (κ1) is 16.7. The van der Waals surface area contributed by atoms with E-state index in [0.29, 0.717) is 11.1 Å². The average molecular weight is 318 g/mol. The molecular weight excluding hydrogens is 304 g/mol. The molecule has 0 aliphatic carbocycles. The van der Waals surface area contributed by atoms with E-state index < -0.39 is 11.8 Å². The molecule has 2 atom stereocenters. The number of benzene rings is 2. The van der Waals surface area contributed by atoms with Gasteiger partial charge in [-0.1, -0.05) is 71.0 Å². The van der Waals surface area contributed by atoms with Crippen molar-refractivity contribution in [3.05, 3.63) is 71.8 Å². The van der Waals surface area contributed by atoms with Gasteiger partial charge in [0.15, 0.2) is 0 Å². The number of hydrogen-bond donors (Lipinski definition) is 2. The molecular formula is C18H14N4O2. The number of rotatable bonds is 5. The molecule has 0 aliphatic rings. The van der Waals surface area contributed by atoms with Gasteiger partial charge >= 0.3 is 0 Å². The first-order valence-electron chi connectivity index (χ1n) is 7.10. The summed E-state index contributed by atoms with van der Waals surface area (Å²) in [4.78, 5) is 0. The molecule has 2 rings (SSSR count). The van der Waals surface area contributed by atoms with E-state index in [2.05, 4.69) is 10.3 Å². The molecule has 2 N–H and O–H groups in total. The van der Waals surface area contributed by atoms with Gasteiger partial charge in [-0.15, -0.1) is 0 Å². The Labute approximate surface area is 139 Å². The summed E-state index contributed by atoms with van der Waals surface area (Å²) in [5.74, 6) is -1.94. The average Bonchev–Trinajstić information content (AvgIpc) is 2.66. The van der Waals surface area contributed by atoms with Crippen LogP contribution in [0.15, 0.2) is 71.0 Å². The minimum absolute atomic E-state index is 0.165. The highest BCUT2D eigenvalue weighted by molar-refractivity contribution is 6.46. The second-order valence-corrected chi connectivity index (χ2v) is 4.92. The van der Waals surface area contributed by atoms with E-state index in [4.69, 9.17) is 0 Å². The van der Waals surface area contributed by atoms with Crippen LogP contribution in [0.4, 0.5) is 0 Å². The number of nitrogens with zero attached hydrogens (tertiary/aromatic N) is 4. The summed E-state index contributed by atoms with van der Waals surface area (Å²) in [6, 6.07) is 21.3. The van der Waals surface area contributed by atoms with Gasteiger partial charge in [0, 0.05) is 0 Å². The summed E-state index contributed by atoms with van der Waals surface area (Å²) < 4.78 is 0. The molecule has 0 radical (unpaired) electrons. The fraction of sp³-hybridized carbons (Fsp3) is 0.111. The monoisotopic (exact) mass is 318 g/mol. The molecule has 0 unspecified atom stereocenters. The number of oxime groups is 2. The molecule has 0 saturated heterocycles. The van der Waals surface area contributed by atoms with E-state index in [-0.39, 0.29) is 11.4 Å². The van der Waals surface area contributed by atoms with Gasteiger partial charge in [0.2, 0.25) is 0 Å². The molecule has 6 heteroatoms. The molecule has 2 aromatic rings. The minimum Gasteiger partial charge on any atom is -0.411 e. The summed E-state index contributed by atoms with van der Waals surface area (Å²) in [5.41, 5.74) is 0.806. The summed E-state index contributed by atoms with van der Waals surface area (Å²) in [6.45, 7) is 0. The third kappa shape index (κ3) is 3.40. The van der Waals surface area contributed by atoms with Crippen LogP contribution in [-0.4, -0.2) is 21.8 Å². The van der Waals surface area contributed by atoms with Gasteiger partial charge < -0.3 is 10.4 Å². The lowest BCUT2D eigenvalue weighted by atomic mass is 9.85. The highest BCUT2D eigenvalue weighted by Gasteiger charge is 2.31. The first-order chi connectivity index (χ1) is 11.8. The van der Waals surface area contributed by atoms with Crippen molar-refractivity contribution in [1.82, 2.24) is 0 Å². The Bertz CT molecular complexity index is 746. The molecule has 0 aliphatic heterocycles. The maximum atomic E-state index is 9.49. The first-order valence-corrected chi connectivity index (χ1v) is 7.10. The maximum absolute atomic E-state index is 9.49. The molecule has 24 heavy (non-hydrogen) atoms. The molecule has 0 heterocycles. The van der Waals surface area contributed by atoms with E-state index in [9.17, 15) is 20.9 Å². The molecule has 118 valence electrons. The van der Waals surface area contributed by atoms with Crippen LogP contribution in [0.1, 0.15) is 23.0 Å². The number of hydrogen-bond acceptors (Lipinski definition) is 6. The normalized spacial score (nSPS) is 14.2. The maximum Gasteiger partial charge on any atom is 0.128 e. The Kier molecular flexibility index (Phi) is 5.65. The zero-order valence-corrected chi connectivity index (χ0v) is 12.6. The fourth-order valence-corrected chi connectivity index (χ4v) is 2.39. The molecule has 2 aromatic carbocycles. The molecule has 0 aromatic heterocycles. The van der Waals surface area contributed by atoms with Gasteiger partial charge in [-0.3, -0.25) is 0 Å². The fourth-order valence-electron chi connectivity index (χ4n) is 2.39. The zero-order chi connectivity index (χ0) is 17.4. The third-order valence-electron chi connectivity index (χ3n) is 3.55. The molecule has 0 fully saturated rings. The van der Waals surface area contributed by atoms with Crippen molar-refractivity contribution >= 4 is 11.4 Å². The summed E-state index contributed by atoms with van der Waals surface area (Å²) in [6.07, 6.45) is 0. The van der Waals surface area contributed by atoms with Crippen LogP contribution < -0.4 is 0 Å². The number of nitriles is 2. The predicted molar refractivity (Wildman–Crippen MR) is 88.0 cm³/mol. The molecule has 0 bridgehead atoms.